The van der Waals surface area contributed by atoms with Crippen LogP contribution < -0.4 is 10.1 Å². The maximum atomic E-state index is 6.37. The zero-order chi connectivity index (χ0) is 16.6. The van der Waals surface area contributed by atoms with Crippen molar-refractivity contribution in [2.45, 2.75) is 50.3 Å². The smallest absolute Gasteiger partial charge is 0.124 e. The molecule has 0 radical (unpaired) electrons. The molecular formula is C20H31N3O. The van der Waals surface area contributed by atoms with Crippen molar-refractivity contribution in [3.8, 4) is 5.75 Å². The van der Waals surface area contributed by atoms with Crippen LogP contribution in [0.25, 0.3) is 0 Å². The Hall–Kier alpha value is -1.10. The fourth-order valence-corrected chi connectivity index (χ4v) is 4.46. The second kappa shape index (κ2) is 6.66. The van der Waals surface area contributed by atoms with Gasteiger partial charge in [0.1, 0.15) is 11.4 Å². The highest BCUT2D eigenvalue weighted by Crippen LogP contribution is 2.48. The van der Waals surface area contributed by atoms with Crippen molar-refractivity contribution < 1.29 is 4.74 Å². The zero-order valence-corrected chi connectivity index (χ0v) is 15.1. The van der Waals surface area contributed by atoms with Crippen molar-refractivity contribution in [1.29, 1.82) is 0 Å². The Bertz CT molecular complexity index is 564. The summed E-state index contributed by atoms with van der Waals surface area (Å²) in [5, 5.41) is 3.92. The highest BCUT2D eigenvalue weighted by atomic mass is 16.5. The van der Waals surface area contributed by atoms with Crippen molar-refractivity contribution in [2.24, 2.45) is 0 Å². The van der Waals surface area contributed by atoms with E-state index in [1.165, 1.54) is 51.0 Å². The summed E-state index contributed by atoms with van der Waals surface area (Å²) < 4.78 is 6.37. The summed E-state index contributed by atoms with van der Waals surface area (Å²) in [5.74, 6) is 1.10. The molecule has 2 atom stereocenters. The lowest BCUT2D eigenvalue weighted by Gasteiger charge is -2.48. The molecule has 4 heteroatoms. The summed E-state index contributed by atoms with van der Waals surface area (Å²) in [7, 11) is 2.22. The minimum atomic E-state index is 0.111. The van der Waals surface area contributed by atoms with E-state index < -0.39 is 0 Å². The predicted octanol–water partition coefficient (Wildman–Crippen LogP) is 2.66. The van der Waals surface area contributed by atoms with E-state index in [0.717, 1.165) is 18.7 Å². The normalized spacial score (nSPS) is 28.0. The van der Waals surface area contributed by atoms with Crippen LogP contribution in [0.15, 0.2) is 24.3 Å². The quantitative estimate of drug-likeness (QED) is 0.919. The molecule has 1 saturated carbocycles. The van der Waals surface area contributed by atoms with Crippen LogP contribution in [0.2, 0.25) is 0 Å². The van der Waals surface area contributed by atoms with Crippen LogP contribution in [0.4, 0.5) is 0 Å². The summed E-state index contributed by atoms with van der Waals surface area (Å²) >= 11 is 0. The van der Waals surface area contributed by atoms with Gasteiger partial charge < -0.3 is 15.0 Å². The molecule has 1 saturated heterocycles. The number of hydrogen-bond acceptors (Lipinski definition) is 4. The third-order valence-electron chi connectivity index (χ3n) is 6.08. The molecule has 1 aliphatic carbocycles. The van der Waals surface area contributed by atoms with Crippen LogP contribution in [-0.4, -0.2) is 61.2 Å². The highest BCUT2D eigenvalue weighted by Gasteiger charge is 2.45. The first-order valence-electron chi connectivity index (χ1n) is 9.58. The van der Waals surface area contributed by atoms with E-state index in [4.69, 9.17) is 4.74 Å². The predicted molar refractivity (Wildman–Crippen MR) is 97.5 cm³/mol. The van der Waals surface area contributed by atoms with Gasteiger partial charge in [0.05, 0.1) is 0 Å². The van der Waals surface area contributed by atoms with E-state index in [1.54, 1.807) is 0 Å². The molecule has 24 heavy (non-hydrogen) atoms. The second-order valence-electron chi connectivity index (χ2n) is 8.10. The summed E-state index contributed by atoms with van der Waals surface area (Å²) in [4.78, 5) is 5.02. The average Bonchev–Trinajstić information content (AvgIpc) is 2.55. The molecule has 1 aromatic carbocycles. The van der Waals surface area contributed by atoms with E-state index in [2.05, 4.69) is 53.4 Å². The maximum absolute atomic E-state index is 6.37. The first kappa shape index (κ1) is 16.4. The number of likely N-dealkylation sites (N-methyl/N-ethyl adjacent to an activating group) is 1. The van der Waals surface area contributed by atoms with E-state index in [1.807, 2.05) is 0 Å². The first-order chi connectivity index (χ1) is 11.6. The molecule has 4 nitrogen and oxygen atoms in total. The monoisotopic (exact) mass is 329 g/mol. The Morgan fingerprint density at radius 1 is 1.21 bits per heavy atom. The molecule has 2 heterocycles. The zero-order valence-electron chi connectivity index (χ0n) is 15.1. The minimum Gasteiger partial charge on any atom is -0.487 e. The van der Waals surface area contributed by atoms with Crippen LogP contribution >= 0.6 is 0 Å². The van der Waals surface area contributed by atoms with Crippen LogP contribution in [0.3, 0.4) is 0 Å². The Balaban J connectivity index is 1.41. The number of rotatable bonds is 4. The Kier molecular flexibility index (Phi) is 4.54. The van der Waals surface area contributed by atoms with Gasteiger partial charge in [0.25, 0.3) is 0 Å². The number of ether oxygens (including phenoxy) is 1. The van der Waals surface area contributed by atoms with Gasteiger partial charge >= 0.3 is 0 Å². The Morgan fingerprint density at radius 2 is 1.96 bits per heavy atom. The number of fused-ring (bicyclic) bond motifs is 1. The molecule has 1 aromatic rings. The number of nitrogens with zero attached hydrogens (tertiary/aromatic N) is 2. The van der Waals surface area contributed by atoms with Crippen molar-refractivity contribution >= 4 is 0 Å². The van der Waals surface area contributed by atoms with Gasteiger partial charge in [-0.05, 0) is 39.3 Å². The summed E-state index contributed by atoms with van der Waals surface area (Å²) in [6, 6.07) is 9.55. The molecule has 1 N–H and O–H groups in total. The van der Waals surface area contributed by atoms with Gasteiger partial charge in [0.15, 0.2) is 0 Å². The van der Waals surface area contributed by atoms with Gasteiger partial charge in [0.2, 0.25) is 0 Å². The molecule has 0 aromatic heterocycles. The van der Waals surface area contributed by atoms with Crippen molar-refractivity contribution in [1.82, 2.24) is 15.1 Å². The van der Waals surface area contributed by atoms with Crippen molar-refractivity contribution in [3.05, 3.63) is 29.8 Å². The van der Waals surface area contributed by atoms with Crippen LogP contribution in [-0.2, 0) is 0 Å². The van der Waals surface area contributed by atoms with Gasteiger partial charge in [-0.15, -0.1) is 0 Å². The first-order valence-corrected chi connectivity index (χ1v) is 9.58. The van der Waals surface area contributed by atoms with Gasteiger partial charge in [-0.25, -0.2) is 0 Å². The molecule has 4 rings (SSSR count). The lowest BCUT2D eigenvalue weighted by molar-refractivity contribution is -0.0382. The lowest BCUT2D eigenvalue weighted by atomic mass is 9.73. The molecule has 2 aliphatic heterocycles. The van der Waals surface area contributed by atoms with Crippen LogP contribution in [0, 0.1) is 0 Å². The molecule has 0 amide bonds. The van der Waals surface area contributed by atoms with Gasteiger partial charge in [0, 0.05) is 56.8 Å². The van der Waals surface area contributed by atoms with E-state index in [0.29, 0.717) is 12.1 Å². The molecule has 0 unspecified atom stereocenters. The molecular weight excluding hydrogens is 298 g/mol. The van der Waals surface area contributed by atoms with E-state index >= 15 is 0 Å². The van der Waals surface area contributed by atoms with E-state index in [-0.39, 0.29) is 5.60 Å². The second-order valence-corrected chi connectivity index (χ2v) is 8.10. The van der Waals surface area contributed by atoms with E-state index in [9.17, 15) is 0 Å². The maximum Gasteiger partial charge on any atom is 0.124 e. The van der Waals surface area contributed by atoms with Gasteiger partial charge in [-0.3, -0.25) is 4.90 Å². The minimum absolute atomic E-state index is 0.111. The fraction of sp³-hybridized carbons (Fsp3) is 0.700. The Morgan fingerprint density at radius 3 is 2.67 bits per heavy atom. The van der Waals surface area contributed by atoms with Gasteiger partial charge in [-0.1, -0.05) is 18.2 Å². The highest BCUT2D eigenvalue weighted by molar-refractivity contribution is 5.39. The number of nitrogens with one attached hydrogen (secondary N) is 1. The fourth-order valence-electron chi connectivity index (χ4n) is 4.46. The summed E-state index contributed by atoms with van der Waals surface area (Å²) in [5.41, 5.74) is 1.46. The lowest BCUT2D eigenvalue weighted by Crippen LogP contribution is -2.52. The molecule has 132 valence electrons. The average molecular weight is 329 g/mol. The summed E-state index contributed by atoms with van der Waals surface area (Å²) in [6.45, 7) is 8.24. The van der Waals surface area contributed by atoms with Crippen molar-refractivity contribution in [3.63, 3.8) is 0 Å². The van der Waals surface area contributed by atoms with Crippen LogP contribution in [0.5, 0.6) is 5.75 Å². The molecule has 1 spiro atoms. The molecule has 3 aliphatic rings. The van der Waals surface area contributed by atoms with Crippen LogP contribution in [0.1, 0.15) is 44.2 Å². The number of hydrogen-bond donors (Lipinski definition) is 1. The molecule has 0 bridgehead atoms. The SMILES string of the molecule is C[C@H](CN1CCN(C)CC1)N[C@@H]1CC2(CCC2)Oc2ccccc21. The molecule has 2 fully saturated rings. The topological polar surface area (TPSA) is 27.7 Å². The number of para-hydroxylation sites is 1. The standard InChI is InChI=1S/C20H31N3O/c1-16(15-23-12-10-22(2)11-13-23)21-18-14-20(8-5-9-20)24-19-7-4-3-6-17(18)19/h3-4,6-7,16,18,21H,5,8-15H2,1-2H3/t16-,18-/m1/s1. The number of benzene rings is 1. The number of piperazine rings is 1. The summed E-state index contributed by atoms with van der Waals surface area (Å²) in [6.07, 6.45) is 4.86. The third-order valence-corrected chi connectivity index (χ3v) is 6.08. The van der Waals surface area contributed by atoms with Gasteiger partial charge in [-0.2, -0.15) is 0 Å². The largest absolute Gasteiger partial charge is 0.487 e. The van der Waals surface area contributed by atoms with Crippen molar-refractivity contribution in [2.75, 3.05) is 39.8 Å². The third kappa shape index (κ3) is 3.32. The Labute approximate surface area is 146 Å².